The van der Waals surface area contributed by atoms with Gasteiger partial charge in [0.05, 0.1) is 6.42 Å². The molecule has 0 fully saturated rings. The molecule has 29 heavy (non-hydrogen) atoms. The van der Waals surface area contributed by atoms with Crippen molar-refractivity contribution in [3.05, 3.63) is 55.7 Å². The van der Waals surface area contributed by atoms with Crippen molar-refractivity contribution in [3.8, 4) is 0 Å². The zero-order valence-electron chi connectivity index (χ0n) is 17.2. The zero-order chi connectivity index (χ0) is 21.6. The van der Waals surface area contributed by atoms with Crippen LogP contribution in [0.25, 0.3) is 0 Å². The van der Waals surface area contributed by atoms with Crippen molar-refractivity contribution in [2.45, 2.75) is 53.0 Å². The Morgan fingerprint density at radius 3 is 2.59 bits per heavy atom. The largest absolute Gasteiger partial charge is 0.383 e. The molecule has 1 aromatic heterocycles. The molecule has 0 saturated carbocycles. The first-order valence-corrected chi connectivity index (χ1v) is 10.3. The van der Waals surface area contributed by atoms with Crippen LogP contribution >= 0.6 is 11.6 Å². The van der Waals surface area contributed by atoms with Crippen LogP contribution in [0.2, 0.25) is 5.02 Å². The van der Waals surface area contributed by atoms with E-state index in [0.29, 0.717) is 36.0 Å². The van der Waals surface area contributed by atoms with Crippen molar-refractivity contribution >= 4 is 29.0 Å². The van der Waals surface area contributed by atoms with Crippen molar-refractivity contribution in [1.29, 1.82) is 0 Å². The highest BCUT2D eigenvalue weighted by Gasteiger charge is 2.24. The van der Waals surface area contributed by atoms with Crippen LogP contribution < -0.4 is 21.9 Å². The molecule has 1 heterocycles. The molecular formula is C21H29ClN4O3. The Kier molecular flexibility index (Phi) is 8.08. The molecule has 2 aromatic rings. The molecule has 2 rings (SSSR count). The van der Waals surface area contributed by atoms with Crippen LogP contribution in [0.4, 0.5) is 11.5 Å². The number of unbranched alkanes of at least 4 members (excludes halogenated alkanes) is 1. The van der Waals surface area contributed by atoms with E-state index in [-0.39, 0.29) is 23.8 Å². The van der Waals surface area contributed by atoms with Crippen LogP contribution in [0.5, 0.6) is 0 Å². The first-order chi connectivity index (χ1) is 13.8. The number of nitrogens with zero attached hydrogens (tertiary/aromatic N) is 2. The third-order valence-corrected chi connectivity index (χ3v) is 5.12. The number of nitrogens with two attached hydrogens (primary N) is 1. The van der Waals surface area contributed by atoms with E-state index in [2.05, 4.69) is 4.98 Å². The van der Waals surface area contributed by atoms with Crippen molar-refractivity contribution < 1.29 is 4.79 Å². The Morgan fingerprint density at radius 1 is 1.28 bits per heavy atom. The number of halogens is 1. The minimum Gasteiger partial charge on any atom is -0.383 e. The second-order valence-electron chi connectivity index (χ2n) is 7.49. The van der Waals surface area contributed by atoms with Crippen molar-refractivity contribution in [3.63, 3.8) is 0 Å². The summed E-state index contributed by atoms with van der Waals surface area (Å²) in [6.45, 7) is 6.76. The molecule has 3 N–H and O–H groups in total. The highest BCUT2D eigenvalue weighted by Crippen LogP contribution is 2.22. The Morgan fingerprint density at radius 2 is 1.97 bits per heavy atom. The number of rotatable bonds is 9. The number of anilines is 2. The summed E-state index contributed by atoms with van der Waals surface area (Å²) in [5.41, 5.74) is 5.69. The number of carbonyl (C=O) groups excluding carboxylic acids is 1. The van der Waals surface area contributed by atoms with E-state index in [9.17, 15) is 14.4 Å². The van der Waals surface area contributed by atoms with Gasteiger partial charge in [-0.15, -0.1) is 0 Å². The molecule has 8 heteroatoms. The molecule has 7 nitrogen and oxygen atoms in total. The lowest BCUT2D eigenvalue weighted by atomic mass is 10.1. The number of H-pyrrole nitrogens is 1. The molecule has 0 unspecified atom stereocenters. The maximum Gasteiger partial charge on any atom is 0.330 e. The van der Waals surface area contributed by atoms with Gasteiger partial charge in [0, 0.05) is 18.1 Å². The summed E-state index contributed by atoms with van der Waals surface area (Å²) in [6, 6.07) is 7.09. The lowest BCUT2D eigenvalue weighted by Crippen LogP contribution is -2.42. The minimum absolute atomic E-state index is 0.0171. The Balaban J connectivity index is 2.49. The van der Waals surface area contributed by atoms with Gasteiger partial charge in [-0.3, -0.25) is 19.1 Å². The molecule has 0 bridgehead atoms. The fourth-order valence-electron chi connectivity index (χ4n) is 3.03. The molecule has 0 atom stereocenters. The van der Waals surface area contributed by atoms with Crippen LogP contribution in [-0.4, -0.2) is 22.0 Å². The first kappa shape index (κ1) is 22.7. The summed E-state index contributed by atoms with van der Waals surface area (Å²) in [5, 5.41) is 0.486. The third-order valence-electron chi connectivity index (χ3n) is 4.75. The van der Waals surface area contributed by atoms with Gasteiger partial charge in [-0.25, -0.2) is 4.79 Å². The summed E-state index contributed by atoms with van der Waals surface area (Å²) in [7, 11) is 0. The minimum atomic E-state index is -0.656. The molecule has 0 spiro atoms. The number of hydrogen-bond donors (Lipinski definition) is 2. The maximum absolute atomic E-state index is 13.2. The fourth-order valence-corrected chi connectivity index (χ4v) is 3.23. The smallest absolute Gasteiger partial charge is 0.330 e. The van der Waals surface area contributed by atoms with Gasteiger partial charge in [0.25, 0.3) is 5.56 Å². The van der Waals surface area contributed by atoms with E-state index in [1.165, 1.54) is 9.47 Å². The van der Waals surface area contributed by atoms with Gasteiger partial charge in [0.1, 0.15) is 5.82 Å². The number of aromatic amines is 1. The first-order valence-electron chi connectivity index (χ1n) is 9.92. The molecule has 0 aliphatic heterocycles. The third kappa shape index (κ3) is 5.73. The van der Waals surface area contributed by atoms with Crippen LogP contribution in [0.3, 0.4) is 0 Å². The number of nitrogens with one attached hydrogen (secondary N) is 1. The fraction of sp³-hybridized carbons (Fsp3) is 0.476. The monoisotopic (exact) mass is 420 g/mol. The summed E-state index contributed by atoms with van der Waals surface area (Å²) >= 11 is 6.20. The Hall–Kier alpha value is -2.54. The van der Waals surface area contributed by atoms with Gasteiger partial charge < -0.3 is 10.6 Å². The molecule has 0 saturated heterocycles. The van der Waals surface area contributed by atoms with Crippen LogP contribution in [-0.2, 0) is 17.8 Å². The summed E-state index contributed by atoms with van der Waals surface area (Å²) in [5.74, 6) is 0.0389. The van der Waals surface area contributed by atoms with Gasteiger partial charge in [0.2, 0.25) is 5.91 Å². The molecule has 0 aliphatic rings. The number of carbonyl (C=O) groups is 1. The summed E-state index contributed by atoms with van der Waals surface area (Å²) < 4.78 is 1.32. The predicted octanol–water partition coefficient (Wildman–Crippen LogP) is 3.19. The lowest BCUT2D eigenvalue weighted by molar-refractivity contribution is -0.118. The second-order valence-corrected chi connectivity index (χ2v) is 7.90. The number of benzene rings is 1. The maximum atomic E-state index is 13.2. The quantitative estimate of drug-likeness (QED) is 0.650. The van der Waals surface area contributed by atoms with E-state index in [4.69, 9.17) is 17.3 Å². The molecule has 158 valence electrons. The standard InChI is InChI=1S/C21H29ClN4O3/c1-4-5-11-26-19(23)18(20(28)24-21(26)29)25(12-10-14(2)3)17(27)13-15-8-6-7-9-16(15)22/h6-9,14H,4-5,10-13,23H2,1-3H3,(H,24,28,29). The van der Waals surface area contributed by atoms with E-state index in [1.807, 2.05) is 20.8 Å². The summed E-state index contributed by atoms with van der Waals surface area (Å²) in [6.07, 6.45) is 2.31. The molecule has 0 radical (unpaired) electrons. The SMILES string of the molecule is CCCCn1c(N)c(N(CCC(C)C)C(=O)Cc2ccccc2Cl)c(=O)[nH]c1=O. The molecule has 1 aromatic carbocycles. The molecular weight excluding hydrogens is 392 g/mol. The Labute approximate surface area is 175 Å². The van der Waals surface area contributed by atoms with E-state index in [1.54, 1.807) is 24.3 Å². The van der Waals surface area contributed by atoms with Crippen molar-refractivity contribution in [2.75, 3.05) is 17.2 Å². The lowest BCUT2D eigenvalue weighted by Gasteiger charge is -2.25. The predicted molar refractivity (Wildman–Crippen MR) is 118 cm³/mol. The normalized spacial score (nSPS) is 11.1. The number of nitrogen functional groups attached to an aromatic ring is 1. The van der Waals surface area contributed by atoms with E-state index in [0.717, 1.165) is 12.8 Å². The number of amides is 1. The van der Waals surface area contributed by atoms with Gasteiger partial charge in [-0.2, -0.15) is 0 Å². The number of hydrogen-bond acceptors (Lipinski definition) is 4. The van der Waals surface area contributed by atoms with Crippen molar-refractivity contribution in [2.24, 2.45) is 5.92 Å². The molecule has 1 amide bonds. The van der Waals surface area contributed by atoms with Gasteiger partial charge in [-0.05, 0) is 30.4 Å². The van der Waals surface area contributed by atoms with Gasteiger partial charge in [0.15, 0.2) is 5.69 Å². The van der Waals surface area contributed by atoms with Gasteiger partial charge >= 0.3 is 5.69 Å². The number of aromatic nitrogens is 2. The zero-order valence-corrected chi connectivity index (χ0v) is 18.0. The van der Waals surface area contributed by atoms with E-state index >= 15 is 0 Å². The van der Waals surface area contributed by atoms with E-state index < -0.39 is 11.2 Å². The topological polar surface area (TPSA) is 101 Å². The van der Waals surface area contributed by atoms with Crippen molar-refractivity contribution in [1.82, 2.24) is 9.55 Å². The highest BCUT2D eigenvalue weighted by molar-refractivity contribution is 6.31. The van der Waals surface area contributed by atoms with Crippen LogP contribution in [0, 0.1) is 5.92 Å². The highest BCUT2D eigenvalue weighted by atomic mass is 35.5. The average molecular weight is 421 g/mol. The Bertz CT molecular complexity index is 965. The van der Waals surface area contributed by atoms with Crippen LogP contribution in [0.1, 0.15) is 45.6 Å². The van der Waals surface area contributed by atoms with Gasteiger partial charge in [-0.1, -0.05) is 57.0 Å². The second kappa shape index (κ2) is 10.3. The summed E-state index contributed by atoms with van der Waals surface area (Å²) in [4.78, 5) is 41.7. The molecule has 0 aliphatic carbocycles. The van der Waals surface area contributed by atoms with Crippen LogP contribution in [0.15, 0.2) is 33.9 Å². The average Bonchev–Trinajstić information content (AvgIpc) is 2.65.